The van der Waals surface area contributed by atoms with Gasteiger partial charge in [0.05, 0.1) is 27.8 Å². The minimum absolute atomic E-state index is 0.706. The van der Waals surface area contributed by atoms with E-state index in [-0.39, 0.29) is 0 Å². The quantitative estimate of drug-likeness (QED) is 0.185. The molecule has 0 amide bonds. The number of anilines is 3. The normalized spacial score (nSPS) is 11.6. The maximum absolute atomic E-state index is 5.89. The zero-order chi connectivity index (χ0) is 22.6. The molecule has 6 heteroatoms. The Hall–Kier alpha value is -4.84. The van der Waals surface area contributed by atoms with Crippen LogP contribution in [-0.4, -0.2) is 19.9 Å². The number of nitrogen functional groups attached to an aromatic ring is 1. The fraction of sp³-hybridized carbons (Fsp3) is 0. The Labute approximate surface area is 194 Å². The van der Waals surface area contributed by atoms with Crippen LogP contribution in [0.5, 0.6) is 0 Å². The van der Waals surface area contributed by atoms with Gasteiger partial charge in [-0.15, -0.1) is 0 Å². The summed E-state index contributed by atoms with van der Waals surface area (Å²) in [6.45, 7) is 0. The van der Waals surface area contributed by atoms with Crippen LogP contribution in [0, 0.1) is 0 Å². The Morgan fingerprint density at radius 2 is 1.18 bits per heavy atom. The number of benzene rings is 5. The summed E-state index contributed by atoms with van der Waals surface area (Å²) in [4.78, 5) is 19.5. The van der Waals surface area contributed by atoms with Gasteiger partial charge in [-0.2, -0.15) is 0 Å². The van der Waals surface area contributed by atoms with E-state index in [0.29, 0.717) is 5.69 Å². The van der Waals surface area contributed by atoms with Gasteiger partial charge in [0.25, 0.3) is 0 Å². The molecule has 0 aliphatic heterocycles. The zero-order valence-corrected chi connectivity index (χ0v) is 18.0. The van der Waals surface area contributed by atoms with Crippen molar-refractivity contribution in [2.24, 2.45) is 0 Å². The van der Waals surface area contributed by atoms with E-state index in [4.69, 9.17) is 15.7 Å². The van der Waals surface area contributed by atoms with E-state index in [1.807, 2.05) is 42.5 Å². The Balaban J connectivity index is 1.64. The SMILES string of the molecule is Nc1ccc(Nc2c3nccnc3cc3nc4c5ccccc5c5ccccc5c4nc23)cc1. The first kappa shape index (κ1) is 18.7. The third-order valence-electron chi connectivity index (χ3n) is 6.23. The Morgan fingerprint density at radius 3 is 1.88 bits per heavy atom. The van der Waals surface area contributed by atoms with E-state index in [1.165, 1.54) is 5.39 Å². The molecule has 7 aromatic rings. The first-order valence-corrected chi connectivity index (χ1v) is 11.0. The predicted molar refractivity (Wildman–Crippen MR) is 139 cm³/mol. The molecule has 2 heterocycles. The lowest BCUT2D eigenvalue weighted by Gasteiger charge is -2.14. The van der Waals surface area contributed by atoms with Crippen LogP contribution in [0.25, 0.3) is 54.6 Å². The number of nitrogens with two attached hydrogens (primary N) is 1. The van der Waals surface area contributed by atoms with E-state index in [2.05, 4.69) is 51.7 Å². The van der Waals surface area contributed by atoms with Crippen LogP contribution in [0.1, 0.15) is 0 Å². The van der Waals surface area contributed by atoms with Crippen LogP contribution < -0.4 is 11.1 Å². The molecule has 0 saturated carbocycles. The van der Waals surface area contributed by atoms with Crippen LogP contribution in [-0.2, 0) is 0 Å². The summed E-state index contributed by atoms with van der Waals surface area (Å²) >= 11 is 0. The second kappa shape index (κ2) is 7.08. The van der Waals surface area contributed by atoms with Crippen molar-refractivity contribution >= 4 is 71.7 Å². The first-order valence-electron chi connectivity index (χ1n) is 11.0. The molecule has 0 aliphatic carbocycles. The van der Waals surface area contributed by atoms with Crippen molar-refractivity contribution in [3.05, 3.63) is 91.3 Å². The average Bonchev–Trinajstić information content (AvgIpc) is 2.89. The number of aromatic nitrogens is 4. The van der Waals surface area contributed by atoms with Crippen molar-refractivity contribution in [3.63, 3.8) is 0 Å². The van der Waals surface area contributed by atoms with Crippen molar-refractivity contribution in [1.29, 1.82) is 0 Å². The highest BCUT2D eigenvalue weighted by Crippen LogP contribution is 2.37. The summed E-state index contributed by atoms with van der Waals surface area (Å²) in [7, 11) is 0. The van der Waals surface area contributed by atoms with Crippen LogP contribution in [0.3, 0.4) is 0 Å². The first-order chi connectivity index (χ1) is 16.8. The van der Waals surface area contributed by atoms with Crippen molar-refractivity contribution in [2.75, 3.05) is 11.1 Å². The lowest BCUT2D eigenvalue weighted by atomic mass is 9.99. The maximum Gasteiger partial charge on any atom is 0.115 e. The average molecular weight is 438 g/mol. The largest absolute Gasteiger partial charge is 0.399 e. The molecule has 5 aromatic carbocycles. The highest BCUT2D eigenvalue weighted by Gasteiger charge is 2.17. The van der Waals surface area contributed by atoms with Gasteiger partial charge in [-0.25, -0.2) is 9.97 Å². The van der Waals surface area contributed by atoms with Crippen LogP contribution in [0.4, 0.5) is 17.1 Å². The summed E-state index contributed by atoms with van der Waals surface area (Å²) in [6.07, 6.45) is 3.39. The number of nitrogens with zero attached hydrogens (tertiary/aromatic N) is 4. The van der Waals surface area contributed by atoms with Gasteiger partial charge in [0.2, 0.25) is 0 Å². The van der Waals surface area contributed by atoms with Gasteiger partial charge in [-0.1, -0.05) is 48.5 Å². The molecule has 0 saturated heterocycles. The van der Waals surface area contributed by atoms with E-state index >= 15 is 0 Å². The van der Waals surface area contributed by atoms with Gasteiger partial charge in [0, 0.05) is 34.5 Å². The minimum Gasteiger partial charge on any atom is -0.399 e. The lowest BCUT2D eigenvalue weighted by molar-refractivity contribution is 1.29. The molecule has 0 spiro atoms. The third-order valence-corrected chi connectivity index (χ3v) is 6.23. The van der Waals surface area contributed by atoms with Gasteiger partial charge >= 0.3 is 0 Å². The summed E-state index contributed by atoms with van der Waals surface area (Å²) in [5.74, 6) is 0. The lowest BCUT2D eigenvalue weighted by Crippen LogP contribution is -2.00. The molecule has 3 N–H and O–H groups in total. The number of hydrogen-bond donors (Lipinski definition) is 2. The number of hydrogen-bond acceptors (Lipinski definition) is 6. The number of fused-ring (bicyclic) bond motifs is 8. The molecule has 0 radical (unpaired) electrons. The molecular weight excluding hydrogens is 420 g/mol. The predicted octanol–water partition coefficient (Wildman–Crippen LogP) is 6.36. The second-order valence-corrected chi connectivity index (χ2v) is 8.30. The molecule has 7 rings (SSSR count). The molecule has 0 bridgehead atoms. The maximum atomic E-state index is 5.89. The highest BCUT2D eigenvalue weighted by molar-refractivity contribution is 6.24. The Bertz CT molecular complexity index is 1890. The Morgan fingerprint density at radius 1 is 0.559 bits per heavy atom. The molecule has 0 unspecified atom stereocenters. The number of nitrogens with one attached hydrogen (secondary N) is 1. The third kappa shape index (κ3) is 2.75. The van der Waals surface area contributed by atoms with Gasteiger partial charge in [-0.3, -0.25) is 9.97 Å². The molecule has 0 fully saturated rings. The molecule has 34 heavy (non-hydrogen) atoms. The van der Waals surface area contributed by atoms with Crippen LogP contribution >= 0.6 is 0 Å². The highest BCUT2D eigenvalue weighted by atomic mass is 15.0. The standard InChI is InChI=1S/C28H18N6/c29-16-9-11-17(12-10-16)32-28-26-22(30-13-14-31-26)15-23-27(28)34-25-21-8-4-2-6-19(21)18-5-1-3-7-20(18)24(25)33-23/h1-15,32H,29H2. The monoisotopic (exact) mass is 438 g/mol. The molecule has 6 nitrogen and oxygen atoms in total. The zero-order valence-electron chi connectivity index (χ0n) is 18.0. The fourth-order valence-corrected chi connectivity index (χ4v) is 4.68. The fourth-order valence-electron chi connectivity index (χ4n) is 4.68. The second-order valence-electron chi connectivity index (χ2n) is 8.30. The van der Waals surface area contributed by atoms with Gasteiger partial charge in [0.1, 0.15) is 11.0 Å². The van der Waals surface area contributed by atoms with E-state index in [9.17, 15) is 0 Å². The van der Waals surface area contributed by atoms with Crippen molar-refractivity contribution in [2.45, 2.75) is 0 Å². The molecule has 0 aliphatic rings. The van der Waals surface area contributed by atoms with Crippen LogP contribution in [0.15, 0.2) is 91.3 Å². The summed E-state index contributed by atoms with van der Waals surface area (Å²) in [5.41, 5.74) is 13.0. The van der Waals surface area contributed by atoms with Crippen LogP contribution in [0.2, 0.25) is 0 Å². The molecule has 160 valence electrons. The van der Waals surface area contributed by atoms with Gasteiger partial charge in [-0.05, 0) is 41.1 Å². The molecule has 0 atom stereocenters. The molecular formula is C28H18N6. The van der Waals surface area contributed by atoms with E-state index < -0.39 is 0 Å². The van der Waals surface area contributed by atoms with Gasteiger partial charge in [0.15, 0.2) is 0 Å². The van der Waals surface area contributed by atoms with E-state index in [0.717, 1.165) is 60.6 Å². The topological polar surface area (TPSA) is 89.6 Å². The van der Waals surface area contributed by atoms with Crippen molar-refractivity contribution in [3.8, 4) is 0 Å². The molecule has 2 aromatic heterocycles. The summed E-state index contributed by atoms with van der Waals surface area (Å²) in [5, 5.41) is 7.99. The van der Waals surface area contributed by atoms with Gasteiger partial charge < -0.3 is 11.1 Å². The minimum atomic E-state index is 0.706. The Kier molecular flexibility index (Phi) is 3.90. The van der Waals surface area contributed by atoms with E-state index in [1.54, 1.807) is 12.4 Å². The summed E-state index contributed by atoms with van der Waals surface area (Å²) < 4.78 is 0. The summed E-state index contributed by atoms with van der Waals surface area (Å²) in [6, 6.07) is 26.3. The smallest absolute Gasteiger partial charge is 0.115 e. The van der Waals surface area contributed by atoms with Crippen molar-refractivity contribution in [1.82, 2.24) is 19.9 Å². The number of rotatable bonds is 2. The van der Waals surface area contributed by atoms with Crippen molar-refractivity contribution < 1.29 is 0 Å².